The molecule has 0 spiro atoms. The van der Waals surface area contributed by atoms with Crippen molar-refractivity contribution < 1.29 is 19.8 Å². The summed E-state index contributed by atoms with van der Waals surface area (Å²) in [4.78, 5) is 20.4. The third-order valence-electron chi connectivity index (χ3n) is 4.38. The van der Waals surface area contributed by atoms with Gasteiger partial charge in [-0.05, 0) is 50.9 Å². The first-order chi connectivity index (χ1) is 13.8. The summed E-state index contributed by atoms with van der Waals surface area (Å²) >= 11 is 0. The minimum Gasteiger partial charge on any atom is -0.481 e. The molecular weight excluding hydrogens is 366 g/mol. The number of rotatable bonds is 17. The van der Waals surface area contributed by atoms with Crippen molar-refractivity contribution in [2.24, 2.45) is 11.7 Å². The molecule has 0 amide bonds. The van der Waals surface area contributed by atoms with Gasteiger partial charge in [0.2, 0.25) is 0 Å². The van der Waals surface area contributed by atoms with Crippen LogP contribution >= 0.6 is 0 Å². The van der Waals surface area contributed by atoms with E-state index in [0.29, 0.717) is 18.8 Å². The topological polar surface area (TPSA) is 101 Å². The molecule has 0 heterocycles. The molecule has 0 aliphatic heterocycles. The largest absolute Gasteiger partial charge is 0.481 e. The highest BCUT2D eigenvalue weighted by Gasteiger charge is 2.11. The van der Waals surface area contributed by atoms with Crippen molar-refractivity contribution >= 4 is 11.9 Å². The van der Waals surface area contributed by atoms with Crippen molar-refractivity contribution in [1.82, 2.24) is 0 Å². The lowest BCUT2D eigenvalue weighted by molar-refractivity contribution is -0.139. The van der Waals surface area contributed by atoms with Gasteiger partial charge in [0.25, 0.3) is 0 Å². The van der Waals surface area contributed by atoms with Crippen LogP contribution in [0.1, 0.15) is 104 Å². The zero-order chi connectivity index (χ0) is 22.3. The van der Waals surface area contributed by atoms with Gasteiger partial charge in [-0.1, -0.05) is 77.2 Å². The van der Waals surface area contributed by atoms with Crippen molar-refractivity contribution in [3.05, 3.63) is 24.3 Å². The number of carbonyl (C=O) groups is 2. The van der Waals surface area contributed by atoms with Crippen molar-refractivity contribution in [2.45, 2.75) is 110 Å². The Bertz CT molecular complexity index is 444. The monoisotopic (exact) mass is 411 g/mol. The Balaban J connectivity index is 0. The predicted octanol–water partition coefficient (Wildman–Crippen LogP) is 6.33. The van der Waals surface area contributed by atoms with Crippen LogP contribution in [0.25, 0.3) is 0 Å². The van der Waals surface area contributed by atoms with Crippen LogP contribution in [-0.2, 0) is 9.59 Å². The molecule has 0 bridgehead atoms. The van der Waals surface area contributed by atoms with E-state index in [1.54, 1.807) is 0 Å². The van der Waals surface area contributed by atoms with Gasteiger partial charge in [-0.25, -0.2) is 0 Å². The number of allylic oxidation sites excluding steroid dienone is 4. The maximum Gasteiger partial charge on any atom is 0.320 e. The van der Waals surface area contributed by atoms with Crippen LogP contribution in [0, 0.1) is 5.92 Å². The third kappa shape index (κ3) is 28.7. The number of hydrogen-bond donors (Lipinski definition) is 3. The SMILES string of the molecule is CC(C)CC(N)C(=O)O.CCCCC/C=C\C/C=C\CCCCCCCC(=O)O. The molecule has 0 aromatic carbocycles. The van der Waals surface area contributed by atoms with Crippen LogP contribution in [0.3, 0.4) is 0 Å². The molecule has 5 heteroatoms. The maximum atomic E-state index is 10.3. The van der Waals surface area contributed by atoms with E-state index in [1.807, 2.05) is 13.8 Å². The molecule has 0 aromatic heterocycles. The van der Waals surface area contributed by atoms with Crippen molar-refractivity contribution in [3.63, 3.8) is 0 Å². The Hall–Kier alpha value is -1.62. The highest BCUT2D eigenvalue weighted by Crippen LogP contribution is 2.08. The van der Waals surface area contributed by atoms with Gasteiger partial charge in [0, 0.05) is 6.42 Å². The van der Waals surface area contributed by atoms with Crippen LogP contribution in [0.15, 0.2) is 24.3 Å². The number of unbranched alkanes of at least 4 members (excludes halogenated alkanes) is 8. The fourth-order valence-corrected chi connectivity index (χ4v) is 2.70. The lowest BCUT2D eigenvalue weighted by atomic mass is 10.1. The molecule has 0 radical (unpaired) electrons. The molecule has 1 unspecified atom stereocenters. The van der Waals surface area contributed by atoms with Crippen molar-refractivity contribution in [3.8, 4) is 0 Å². The fourth-order valence-electron chi connectivity index (χ4n) is 2.70. The maximum absolute atomic E-state index is 10.3. The fraction of sp³-hybridized carbons (Fsp3) is 0.750. The van der Waals surface area contributed by atoms with E-state index in [9.17, 15) is 9.59 Å². The number of carboxylic acids is 2. The predicted molar refractivity (Wildman–Crippen MR) is 122 cm³/mol. The summed E-state index contributed by atoms with van der Waals surface area (Å²) in [6, 6.07) is -0.690. The van der Waals surface area contributed by atoms with Crippen LogP contribution in [-0.4, -0.2) is 28.2 Å². The average Bonchev–Trinajstić information content (AvgIpc) is 2.64. The Morgan fingerprint density at radius 3 is 1.79 bits per heavy atom. The first-order valence-electron chi connectivity index (χ1n) is 11.3. The summed E-state index contributed by atoms with van der Waals surface area (Å²) in [7, 11) is 0. The third-order valence-corrected chi connectivity index (χ3v) is 4.38. The van der Waals surface area contributed by atoms with Gasteiger partial charge >= 0.3 is 11.9 Å². The Morgan fingerprint density at radius 1 is 0.828 bits per heavy atom. The van der Waals surface area contributed by atoms with E-state index >= 15 is 0 Å². The molecule has 0 rings (SSSR count). The number of carboxylic acid groups (broad SMARTS) is 2. The molecule has 4 N–H and O–H groups in total. The Morgan fingerprint density at radius 2 is 1.34 bits per heavy atom. The first kappa shape index (κ1) is 29.6. The summed E-state index contributed by atoms with van der Waals surface area (Å²) in [6.45, 7) is 6.13. The minimum absolute atomic E-state index is 0.324. The molecule has 170 valence electrons. The average molecular weight is 412 g/mol. The van der Waals surface area contributed by atoms with E-state index in [2.05, 4.69) is 31.2 Å². The first-order valence-corrected chi connectivity index (χ1v) is 11.3. The van der Waals surface area contributed by atoms with E-state index in [-0.39, 0.29) is 0 Å². The zero-order valence-electron chi connectivity index (χ0n) is 18.9. The summed E-state index contributed by atoms with van der Waals surface area (Å²) in [5.74, 6) is -1.23. The molecule has 0 saturated carbocycles. The van der Waals surface area contributed by atoms with Crippen LogP contribution in [0.5, 0.6) is 0 Å². The van der Waals surface area contributed by atoms with Gasteiger partial charge in [-0.3, -0.25) is 9.59 Å². The van der Waals surface area contributed by atoms with Gasteiger partial charge < -0.3 is 15.9 Å². The number of nitrogens with two attached hydrogens (primary N) is 1. The van der Waals surface area contributed by atoms with E-state index in [4.69, 9.17) is 15.9 Å². The van der Waals surface area contributed by atoms with Crippen LogP contribution in [0.2, 0.25) is 0 Å². The molecule has 0 aromatic rings. The second kappa shape index (κ2) is 22.7. The summed E-state index contributed by atoms with van der Waals surface area (Å²) in [5, 5.41) is 16.8. The standard InChI is InChI=1S/C18H32O2.C6H13NO2/c1-2-3-4-5-6-7-8-9-10-11-12-13-14-15-16-17-18(19)20;1-4(2)3-5(7)6(8)9/h6-7,9-10H,2-5,8,11-17H2,1H3,(H,19,20);4-5H,3,7H2,1-2H3,(H,8,9)/b7-6-,10-9-;. The minimum atomic E-state index is -0.913. The summed E-state index contributed by atoms with van der Waals surface area (Å²) in [5.41, 5.74) is 5.22. The number of hydrogen-bond acceptors (Lipinski definition) is 3. The van der Waals surface area contributed by atoms with Gasteiger partial charge in [0.15, 0.2) is 0 Å². The lowest BCUT2D eigenvalue weighted by Crippen LogP contribution is -2.31. The smallest absolute Gasteiger partial charge is 0.320 e. The van der Waals surface area contributed by atoms with Gasteiger partial charge in [0.1, 0.15) is 6.04 Å². The quantitative estimate of drug-likeness (QED) is 0.192. The molecule has 0 fully saturated rings. The molecule has 0 saturated heterocycles. The highest BCUT2D eigenvalue weighted by atomic mass is 16.4. The molecular formula is C24H45NO4. The molecule has 5 nitrogen and oxygen atoms in total. The molecule has 1 atom stereocenters. The Kier molecular flexibility index (Phi) is 23.1. The van der Waals surface area contributed by atoms with Crippen molar-refractivity contribution in [1.29, 1.82) is 0 Å². The van der Waals surface area contributed by atoms with Gasteiger partial charge in [0.05, 0.1) is 0 Å². The molecule has 0 aliphatic rings. The zero-order valence-corrected chi connectivity index (χ0v) is 18.9. The van der Waals surface area contributed by atoms with Crippen LogP contribution < -0.4 is 5.73 Å². The second-order valence-corrected chi connectivity index (χ2v) is 7.95. The van der Waals surface area contributed by atoms with Crippen LogP contribution in [0.4, 0.5) is 0 Å². The molecule has 29 heavy (non-hydrogen) atoms. The van der Waals surface area contributed by atoms with E-state index in [0.717, 1.165) is 25.7 Å². The summed E-state index contributed by atoms with van der Waals surface area (Å²) in [6.07, 6.45) is 22.8. The van der Waals surface area contributed by atoms with Gasteiger partial charge in [-0.15, -0.1) is 0 Å². The number of aliphatic carboxylic acids is 2. The summed E-state index contributed by atoms with van der Waals surface area (Å²) < 4.78 is 0. The highest BCUT2D eigenvalue weighted by molar-refractivity contribution is 5.72. The lowest BCUT2D eigenvalue weighted by Gasteiger charge is -2.07. The molecule has 0 aliphatic carbocycles. The second-order valence-electron chi connectivity index (χ2n) is 7.95. The Labute approximate surface area is 178 Å². The van der Waals surface area contributed by atoms with Gasteiger partial charge in [-0.2, -0.15) is 0 Å². The van der Waals surface area contributed by atoms with E-state index in [1.165, 1.54) is 44.9 Å². The normalized spacial score (nSPS) is 12.3. The van der Waals surface area contributed by atoms with Crippen molar-refractivity contribution in [2.75, 3.05) is 0 Å². The van der Waals surface area contributed by atoms with E-state index < -0.39 is 18.0 Å².